The molecule has 0 radical (unpaired) electrons. The Hall–Kier alpha value is -0.940. The van der Waals surface area contributed by atoms with E-state index in [4.69, 9.17) is 10.3 Å². The van der Waals surface area contributed by atoms with Gasteiger partial charge in [0.2, 0.25) is 5.89 Å². The Morgan fingerprint density at radius 2 is 2.38 bits per heavy atom. The zero-order chi connectivity index (χ0) is 11.5. The summed E-state index contributed by atoms with van der Waals surface area (Å²) in [5.41, 5.74) is 6.05. The van der Waals surface area contributed by atoms with Crippen molar-refractivity contribution in [2.24, 2.45) is 11.7 Å². The van der Waals surface area contributed by atoms with E-state index in [1.807, 2.05) is 6.92 Å². The van der Waals surface area contributed by atoms with E-state index in [9.17, 15) is 0 Å². The van der Waals surface area contributed by atoms with Crippen molar-refractivity contribution < 1.29 is 4.52 Å². The smallest absolute Gasteiger partial charge is 0.240 e. The van der Waals surface area contributed by atoms with Crippen molar-refractivity contribution in [2.45, 2.75) is 39.3 Å². The van der Waals surface area contributed by atoms with Crippen molar-refractivity contribution >= 4 is 0 Å². The van der Waals surface area contributed by atoms with Crippen LogP contribution in [-0.2, 0) is 13.0 Å². The standard InChI is InChI=1S/C11H20N4O/c1-3-10-13-11(16-14-10)7-15-5-4-8(2)9(12)6-15/h8-9H,3-7,12H2,1-2H3. The first kappa shape index (κ1) is 11.5. The molecule has 2 atom stereocenters. The third kappa shape index (κ3) is 2.59. The predicted molar refractivity (Wildman–Crippen MR) is 60.7 cm³/mol. The molecule has 2 rings (SSSR count). The highest BCUT2D eigenvalue weighted by Crippen LogP contribution is 2.17. The molecule has 1 fully saturated rings. The van der Waals surface area contributed by atoms with Crippen LogP contribution in [0.2, 0.25) is 0 Å². The number of likely N-dealkylation sites (tertiary alicyclic amines) is 1. The van der Waals surface area contributed by atoms with Crippen LogP contribution in [0, 0.1) is 5.92 Å². The maximum absolute atomic E-state index is 6.05. The Morgan fingerprint density at radius 3 is 3.00 bits per heavy atom. The van der Waals surface area contributed by atoms with E-state index in [2.05, 4.69) is 22.0 Å². The van der Waals surface area contributed by atoms with Gasteiger partial charge in [-0.25, -0.2) is 0 Å². The van der Waals surface area contributed by atoms with Gasteiger partial charge < -0.3 is 10.3 Å². The molecular formula is C11H20N4O. The zero-order valence-corrected chi connectivity index (χ0v) is 10.0. The molecule has 0 bridgehead atoms. The normalized spacial score (nSPS) is 27.2. The van der Waals surface area contributed by atoms with Gasteiger partial charge in [0, 0.05) is 19.0 Å². The minimum Gasteiger partial charge on any atom is -0.338 e. The van der Waals surface area contributed by atoms with Gasteiger partial charge >= 0.3 is 0 Å². The highest BCUT2D eigenvalue weighted by atomic mass is 16.5. The minimum atomic E-state index is 0.266. The Kier molecular flexibility index (Phi) is 3.56. The van der Waals surface area contributed by atoms with E-state index in [-0.39, 0.29) is 6.04 Å². The molecule has 5 heteroatoms. The number of hydrogen-bond acceptors (Lipinski definition) is 5. The summed E-state index contributed by atoms with van der Waals surface area (Å²) in [7, 11) is 0. The predicted octanol–water partition coefficient (Wildman–Crippen LogP) is 0.801. The van der Waals surface area contributed by atoms with Crippen molar-refractivity contribution in [3.63, 3.8) is 0 Å². The van der Waals surface area contributed by atoms with Crippen LogP contribution in [0.15, 0.2) is 4.52 Å². The largest absolute Gasteiger partial charge is 0.338 e. The van der Waals surface area contributed by atoms with Crippen molar-refractivity contribution in [3.8, 4) is 0 Å². The molecule has 2 heterocycles. The number of rotatable bonds is 3. The van der Waals surface area contributed by atoms with E-state index in [1.54, 1.807) is 0 Å². The number of nitrogens with zero attached hydrogens (tertiary/aromatic N) is 3. The van der Waals surface area contributed by atoms with Gasteiger partial charge in [0.1, 0.15) is 0 Å². The maximum atomic E-state index is 6.05. The van der Waals surface area contributed by atoms with Crippen LogP contribution >= 0.6 is 0 Å². The summed E-state index contributed by atoms with van der Waals surface area (Å²) in [5, 5.41) is 3.89. The van der Waals surface area contributed by atoms with E-state index in [0.717, 1.165) is 38.3 Å². The molecule has 1 aliphatic rings. The fraction of sp³-hybridized carbons (Fsp3) is 0.818. The van der Waals surface area contributed by atoms with Crippen molar-refractivity contribution in [3.05, 3.63) is 11.7 Å². The molecule has 90 valence electrons. The summed E-state index contributed by atoms with van der Waals surface area (Å²) >= 11 is 0. The molecule has 2 N–H and O–H groups in total. The average Bonchev–Trinajstić information content (AvgIpc) is 2.71. The van der Waals surface area contributed by atoms with Crippen LogP contribution in [0.25, 0.3) is 0 Å². The van der Waals surface area contributed by atoms with Gasteiger partial charge in [0.25, 0.3) is 0 Å². The third-order valence-corrected chi connectivity index (χ3v) is 3.29. The van der Waals surface area contributed by atoms with Crippen LogP contribution in [0.4, 0.5) is 0 Å². The highest BCUT2D eigenvalue weighted by molar-refractivity contribution is 4.88. The van der Waals surface area contributed by atoms with Crippen molar-refractivity contribution in [1.29, 1.82) is 0 Å². The van der Waals surface area contributed by atoms with Gasteiger partial charge in [-0.15, -0.1) is 0 Å². The van der Waals surface area contributed by atoms with Crippen molar-refractivity contribution in [1.82, 2.24) is 15.0 Å². The van der Waals surface area contributed by atoms with Crippen LogP contribution in [0.5, 0.6) is 0 Å². The first-order valence-electron chi connectivity index (χ1n) is 5.98. The summed E-state index contributed by atoms with van der Waals surface area (Å²) in [6, 6.07) is 0.266. The van der Waals surface area contributed by atoms with Crippen molar-refractivity contribution in [2.75, 3.05) is 13.1 Å². The number of aromatic nitrogens is 2. The highest BCUT2D eigenvalue weighted by Gasteiger charge is 2.24. The van der Waals surface area contributed by atoms with Gasteiger partial charge in [-0.3, -0.25) is 4.90 Å². The van der Waals surface area contributed by atoms with E-state index < -0.39 is 0 Å². The second kappa shape index (κ2) is 4.93. The van der Waals surface area contributed by atoms with E-state index in [1.165, 1.54) is 0 Å². The monoisotopic (exact) mass is 224 g/mol. The van der Waals surface area contributed by atoms with Crippen LogP contribution in [-0.4, -0.2) is 34.2 Å². The molecule has 16 heavy (non-hydrogen) atoms. The summed E-state index contributed by atoms with van der Waals surface area (Å²) in [5.74, 6) is 2.11. The topological polar surface area (TPSA) is 68.2 Å². The molecule has 1 saturated heterocycles. The molecular weight excluding hydrogens is 204 g/mol. The molecule has 0 saturated carbocycles. The lowest BCUT2D eigenvalue weighted by molar-refractivity contribution is 0.146. The van der Waals surface area contributed by atoms with E-state index in [0.29, 0.717) is 11.8 Å². The second-order valence-corrected chi connectivity index (χ2v) is 4.62. The molecule has 0 spiro atoms. The van der Waals surface area contributed by atoms with E-state index >= 15 is 0 Å². The van der Waals surface area contributed by atoms with Gasteiger partial charge in [-0.2, -0.15) is 4.98 Å². The summed E-state index contributed by atoms with van der Waals surface area (Å²) in [6.45, 7) is 6.95. The molecule has 2 unspecified atom stereocenters. The fourth-order valence-electron chi connectivity index (χ4n) is 2.00. The molecule has 1 aromatic rings. The summed E-state index contributed by atoms with van der Waals surface area (Å²) in [6.07, 6.45) is 1.97. The number of hydrogen-bond donors (Lipinski definition) is 1. The van der Waals surface area contributed by atoms with Gasteiger partial charge in [-0.1, -0.05) is 19.0 Å². The molecule has 1 aliphatic heterocycles. The van der Waals surface area contributed by atoms with Gasteiger partial charge in [-0.05, 0) is 18.9 Å². The van der Waals surface area contributed by atoms with Crippen LogP contribution in [0.3, 0.4) is 0 Å². The quantitative estimate of drug-likeness (QED) is 0.822. The molecule has 1 aromatic heterocycles. The zero-order valence-electron chi connectivity index (χ0n) is 10.0. The molecule has 5 nitrogen and oxygen atoms in total. The summed E-state index contributed by atoms with van der Waals surface area (Å²) < 4.78 is 5.18. The number of nitrogens with two attached hydrogens (primary N) is 1. The Morgan fingerprint density at radius 1 is 1.56 bits per heavy atom. The average molecular weight is 224 g/mol. The third-order valence-electron chi connectivity index (χ3n) is 3.29. The Labute approximate surface area is 96.0 Å². The first-order chi connectivity index (χ1) is 7.69. The molecule has 0 aromatic carbocycles. The van der Waals surface area contributed by atoms with Gasteiger partial charge in [0.05, 0.1) is 6.54 Å². The number of piperidine rings is 1. The first-order valence-corrected chi connectivity index (χ1v) is 5.98. The fourth-order valence-corrected chi connectivity index (χ4v) is 2.00. The van der Waals surface area contributed by atoms with Gasteiger partial charge in [0.15, 0.2) is 5.82 Å². The lowest BCUT2D eigenvalue weighted by Gasteiger charge is -2.34. The maximum Gasteiger partial charge on any atom is 0.240 e. The SMILES string of the molecule is CCc1noc(CN2CCC(C)C(N)C2)n1. The minimum absolute atomic E-state index is 0.266. The Balaban J connectivity index is 1.90. The number of aryl methyl sites for hydroxylation is 1. The lowest BCUT2D eigenvalue weighted by Crippen LogP contribution is -2.47. The molecule has 0 amide bonds. The summed E-state index contributed by atoms with van der Waals surface area (Å²) in [4.78, 5) is 6.60. The second-order valence-electron chi connectivity index (χ2n) is 4.62. The lowest BCUT2D eigenvalue weighted by atomic mass is 9.94. The molecule has 0 aliphatic carbocycles. The van der Waals surface area contributed by atoms with Crippen LogP contribution in [0.1, 0.15) is 32.0 Å². The van der Waals surface area contributed by atoms with Crippen LogP contribution < -0.4 is 5.73 Å². The Bertz CT molecular complexity index is 338.